The molecule has 0 bridgehead atoms. The molecular weight excluding hydrogens is 344 g/mol. The summed E-state index contributed by atoms with van der Waals surface area (Å²) in [5, 5.41) is 14.2. The number of pyridine rings is 1. The number of benzene rings is 1. The van der Waals surface area contributed by atoms with Crippen LogP contribution in [0.5, 0.6) is 17.4 Å². The van der Waals surface area contributed by atoms with Crippen molar-refractivity contribution in [1.82, 2.24) is 19.6 Å². The van der Waals surface area contributed by atoms with E-state index in [4.69, 9.17) is 14.6 Å². The lowest BCUT2D eigenvalue weighted by molar-refractivity contribution is 0.355. The highest BCUT2D eigenvalue weighted by atomic mass is 16.5. The van der Waals surface area contributed by atoms with Crippen molar-refractivity contribution in [2.24, 2.45) is 0 Å². The molecule has 0 spiro atoms. The Kier molecular flexibility index (Phi) is 4.12. The highest BCUT2D eigenvalue weighted by Gasteiger charge is 2.14. The molecule has 0 aliphatic heterocycles. The Hall–Kier alpha value is -3.61. The molecule has 4 rings (SSSR count). The van der Waals surface area contributed by atoms with E-state index in [2.05, 4.69) is 9.97 Å². The molecule has 3 aromatic heterocycles. The van der Waals surface area contributed by atoms with Gasteiger partial charge in [0.1, 0.15) is 0 Å². The zero-order valence-electron chi connectivity index (χ0n) is 15.2. The second-order valence-corrected chi connectivity index (χ2v) is 6.01. The average Bonchev–Trinajstić information content (AvgIpc) is 3.03. The number of imidazole rings is 1. The molecule has 0 saturated heterocycles. The average molecular weight is 362 g/mol. The van der Waals surface area contributed by atoms with Crippen LogP contribution in [0.2, 0.25) is 0 Å². The molecular formula is C20H18N4O3. The number of rotatable bonds is 4. The van der Waals surface area contributed by atoms with E-state index in [1.165, 1.54) is 0 Å². The topological polar surface area (TPSA) is 81.8 Å². The number of hydrogen-bond acceptors (Lipinski definition) is 6. The minimum absolute atomic E-state index is 0.0239. The van der Waals surface area contributed by atoms with E-state index in [1.807, 2.05) is 37.3 Å². The Bertz CT molecular complexity index is 1120. The summed E-state index contributed by atoms with van der Waals surface area (Å²) in [5.41, 5.74) is 4.90. The van der Waals surface area contributed by atoms with Gasteiger partial charge in [0.05, 0.1) is 31.3 Å². The normalized spacial score (nSPS) is 10.9. The molecule has 4 aromatic rings. The lowest BCUT2D eigenvalue weighted by atomic mass is 10.1. The monoisotopic (exact) mass is 362 g/mol. The molecule has 27 heavy (non-hydrogen) atoms. The Morgan fingerprint density at radius 3 is 2.41 bits per heavy atom. The van der Waals surface area contributed by atoms with Crippen LogP contribution < -0.4 is 9.47 Å². The van der Waals surface area contributed by atoms with Gasteiger partial charge in [-0.3, -0.25) is 0 Å². The van der Waals surface area contributed by atoms with Crippen molar-refractivity contribution >= 4 is 5.65 Å². The van der Waals surface area contributed by atoms with E-state index >= 15 is 0 Å². The number of ether oxygens (including phenoxy) is 2. The Balaban J connectivity index is 1.87. The van der Waals surface area contributed by atoms with Crippen molar-refractivity contribution in [3.8, 4) is 39.9 Å². The van der Waals surface area contributed by atoms with E-state index in [9.17, 15) is 5.11 Å². The van der Waals surface area contributed by atoms with Gasteiger partial charge >= 0.3 is 0 Å². The summed E-state index contributed by atoms with van der Waals surface area (Å²) in [5.74, 6) is 1.28. The molecule has 0 saturated carbocycles. The van der Waals surface area contributed by atoms with Gasteiger partial charge in [0.15, 0.2) is 17.1 Å². The molecule has 0 amide bonds. The summed E-state index contributed by atoms with van der Waals surface area (Å²) in [7, 11) is 3.21. The summed E-state index contributed by atoms with van der Waals surface area (Å²) in [4.78, 5) is 8.53. The molecule has 7 nitrogen and oxygen atoms in total. The van der Waals surface area contributed by atoms with Crippen LogP contribution in [0.3, 0.4) is 0 Å². The Labute approximate surface area is 155 Å². The first-order valence-corrected chi connectivity index (χ1v) is 8.35. The van der Waals surface area contributed by atoms with Crippen LogP contribution in [-0.4, -0.2) is 38.9 Å². The molecule has 0 aliphatic carbocycles. The predicted octanol–water partition coefficient (Wildman–Crippen LogP) is 3.49. The van der Waals surface area contributed by atoms with Gasteiger partial charge in [-0.2, -0.15) is 5.10 Å². The van der Waals surface area contributed by atoms with Gasteiger partial charge in [-0.15, -0.1) is 0 Å². The lowest BCUT2D eigenvalue weighted by Crippen LogP contribution is -1.98. The lowest BCUT2D eigenvalue weighted by Gasteiger charge is -2.10. The molecule has 136 valence electrons. The minimum Gasteiger partial charge on any atom is -0.493 e. The van der Waals surface area contributed by atoms with Crippen molar-refractivity contribution in [2.45, 2.75) is 6.92 Å². The van der Waals surface area contributed by atoms with Crippen LogP contribution in [0, 0.1) is 6.92 Å². The fraction of sp³-hybridized carbons (Fsp3) is 0.150. The van der Waals surface area contributed by atoms with Gasteiger partial charge in [0.25, 0.3) is 0 Å². The van der Waals surface area contributed by atoms with Crippen LogP contribution in [-0.2, 0) is 0 Å². The van der Waals surface area contributed by atoms with Gasteiger partial charge in [-0.05, 0) is 43.3 Å². The zero-order chi connectivity index (χ0) is 19.0. The second kappa shape index (κ2) is 6.60. The van der Waals surface area contributed by atoms with Crippen molar-refractivity contribution in [3.05, 3.63) is 54.4 Å². The highest BCUT2D eigenvalue weighted by Crippen LogP contribution is 2.32. The van der Waals surface area contributed by atoms with E-state index in [1.54, 1.807) is 37.1 Å². The summed E-state index contributed by atoms with van der Waals surface area (Å²) in [6.45, 7) is 1.92. The third kappa shape index (κ3) is 2.93. The van der Waals surface area contributed by atoms with Crippen LogP contribution in [0.4, 0.5) is 0 Å². The van der Waals surface area contributed by atoms with E-state index in [0.29, 0.717) is 11.5 Å². The van der Waals surface area contributed by atoms with Gasteiger partial charge in [0.2, 0.25) is 5.88 Å². The first kappa shape index (κ1) is 16.8. The smallest absolute Gasteiger partial charge is 0.210 e. The summed E-state index contributed by atoms with van der Waals surface area (Å²) in [6, 6.07) is 12.9. The number of aromatic nitrogens is 4. The summed E-state index contributed by atoms with van der Waals surface area (Å²) >= 11 is 0. The third-order valence-corrected chi connectivity index (χ3v) is 4.35. The van der Waals surface area contributed by atoms with Crippen LogP contribution in [0.15, 0.2) is 48.7 Å². The van der Waals surface area contributed by atoms with E-state index in [0.717, 1.165) is 33.9 Å². The standard InChI is InChI=1S/C20H18N4O3/c1-12-20(14-5-9-19(25)21-11-14)24-18(22-12)8-6-15(23-24)13-4-7-16(26-2)17(10-13)27-3/h4-11H,1-3H3,(H,21,25). The van der Waals surface area contributed by atoms with Gasteiger partial charge in [0, 0.05) is 23.4 Å². The van der Waals surface area contributed by atoms with Crippen LogP contribution in [0.1, 0.15) is 5.69 Å². The number of nitrogens with zero attached hydrogens (tertiary/aromatic N) is 4. The second-order valence-electron chi connectivity index (χ2n) is 6.01. The van der Waals surface area contributed by atoms with Crippen molar-refractivity contribution < 1.29 is 14.6 Å². The van der Waals surface area contributed by atoms with E-state index < -0.39 is 0 Å². The van der Waals surface area contributed by atoms with Crippen molar-refractivity contribution in [3.63, 3.8) is 0 Å². The summed E-state index contributed by atoms with van der Waals surface area (Å²) in [6.07, 6.45) is 1.61. The quantitative estimate of drug-likeness (QED) is 0.598. The number of aryl methyl sites for hydroxylation is 1. The first-order valence-electron chi connectivity index (χ1n) is 8.35. The predicted molar refractivity (Wildman–Crippen MR) is 101 cm³/mol. The van der Waals surface area contributed by atoms with E-state index in [-0.39, 0.29) is 5.88 Å². The van der Waals surface area contributed by atoms with Gasteiger partial charge < -0.3 is 14.6 Å². The maximum atomic E-state index is 9.45. The molecule has 0 fully saturated rings. The molecule has 1 N–H and O–H groups in total. The summed E-state index contributed by atoms with van der Waals surface area (Å²) < 4.78 is 12.5. The van der Waals surface area contributed by atoms with Crippen LogP contribution >= 0.6 is 0 Å². The fourth-order valence-corrected chi connectivity index (χ4v) is 3.05. The van der Waals surface area contributed by atoms with Crippen molar-refractivity contribution in [2.75, 3.05) is 14.2 Å². The Morgan fingerprint density at radius 1 is 0.926 bits per heavy atom. The molecule has 0 unspecified atom stereocenters. The molecule has 7 heteroatoms. The fourth-order valence-electron chi connectivity index (χ4n) is 3.05. The number of aromatic hydroxyl groups is 1. The molecule has 1 aromatic carbocycles. The SMILES string of the molecule is COc1ccc(-c2ccc3nc(C)c(-c4ccc(O)nc4)n3n2)cc1OC. The van der Waals surface area contributed by atoms with Crippen molar-refractivity contribution in [1.29, 1.82) is 0 Å². The molecule has 3 heterocycles. The number of fused-ring (bicyclic) bond motifs is 1. The molecule has 0 radical (unpaired) electrons. The highest BCUT2D eigenvalue weighted by molar-refractivity contribution is 5.69. The third-order valence-electron chi connectivity index (χ3n) is 4.35. The Morgan fingerprint density at radius 2 is 1.70 bits per heavy atom. The van der Waals surface area contributed by atoms with Gasteiger partial charge in [-0.1, -0.05) is 0 Å². The first-order chi connectivity index (χ1) is 13.1. The number of hydrogen-bond donors (Lipinski definition) is 1. The maximum absolute atomic E-state index is 9.45. The number of methoxy groups -OCH3 is 2. The molecule has 0 atom stereocenters. The largest absolute Gasteiger partial charge is 0.493 e. The molecule has 0 aliphatic rings. The maximum Gasteiger partial charge on any atom is 0.210 e. The van der Waals surface area contributed by atoms with Gasteiger partial charge in [-0.25, -0.2) is 14.5 Å². The minimum atomic E-state index is -0.0239. The zero-order valence-corrected chi connectivity index (χ0v) is 15.2. The van der Waals surface area contributed by atoms with Crippen LogP contribution in [0.25, 0.3) is 28.2 Å².